The minimum atomic E-state index is -4.82. The average Bonchev–Trinajstić information content (AvgIpc) is 1.59. The van der Waals surface area contributed by atoms with Crippen molar-refractivity contribution < 1.29 is 138 Å². The van der Waals surface area contributed by atoms with Gasteiger partial charge in [0.1, 0.15) is 41.2 Å². The van der Waals surface area contributed by atoms with E-state index in [9.17, 15) is 98.3 Å². The molecule has 0 aromatic heterocycles. The van der Waals surface area contributed by atoms with Gasteiger partial charge in [-0.2, -0.15) is 39.5 Å². The Hall–Kier alpha value is -6.24. The van der Waals surface area contributed by atoms with Gasteiger partial charge in [-0.1, -0.05) is 59.1 Å². The molecular weight excluding hydrogens is 1670 g/mol. The van der Waals surface area contributed by atoms with Crippen molar-refractivity contribution in [2.24, 2.45) is 41.2 Å². The van der Waals surface area contributed by atoms with Crippen LogP contribution in [0, 0.1) is 56.5 Å². The van der Waals surface area contributed by atoms with E-state index in [1.807, 2.05) is 6.07 Å². The Morgan fingerprint density at radius 1 is 0.532 bits per heavy atom. The molecule has 0 unspecified atom stereocenters. The SMILES string of the molecule is CC(C)(C)OC(=O)N1[C@@H](C(=O)O)C[C@H]2C[C@H]21.Cl.N[C@@H](c1ccc(C(F)(F)F)c(F)c1)C1CC1.O=C(N[C@@H](c1ccc(C(F)(F)F)c(F)c1)C1CC1)[C@H]1C[C@H]2C[C@H]2N1C(=O)c1cccc(I)c1.O=C(N[C@@H](c1ccc(C(F)(F)F)c(F)c1)C1CC1)[C@H]1C[C@H]2C[C@H]2N1C(=O)c1cccc(S(=O)(=O)C2CC2)c1.O=[S-](=O)C1CC1.[Na+]. The van der Waals surface area contributed by atoms with Crippen LogP contribution in [0.5, 0.6) is 0 Å². The second-order valence-electron chi connectivity index (χ2n) is 31.1. The van der Waals surface area contributed by atoms with Crippen LogP contribution in [0.3, 0.4) is 0 Å². The molecule has 111 heavy (non-hydrogen) atoms. The van der Waals surface area contributed by atoms with E-state index in [-0.39, 0.29) is 129 Å². The predicted molar refractivity (Wildman–Crippen MR) is 385 cm³/mol. The van der Waals surface area contributed by atoms with Crippen LogP contribution in [0.25, 0.3) is 0 Å². The second kappa shape index (κ2) is 33.9. The summed E-state index contributed by atoms with van der Waals surface area (Å²) >= 11 is 2.13. The number of piperidine rings is 3. The summed E-state index contributed by atoms with van der Waals surface area (Å²) in [6.45, 7) is 5.34. The number of carboxylic acids is 1. The smallest absolute Gasteiger partial charge is 0.480 e. The normalized spacial score (nSPS) is 24.7. The number of aliphatic carboxylic acids is 1. The number of rotatable bonds is 16. The molecule has 16 rings (SSSR count). The third-order valence-corrected chi connectivity index (χ3v) is 25.4. The number of carbonyl (C=O) groups is 6. The number of amides is 5. The Labute approximate surface area is 676 Å². The first-order chi connectivity index (χ1) is 51.1. The molecule has 5 aromatic rings. The fraction of sp³-hybridized carbons (Fsp3) is 0.526. The summed E-state index contributed by atoms with van der Waals surface area (Å²) in [4.78, 5) is 81.0. The van der Waals surface area contributed by atoms with Crippen LogP contribution >= 0.6 is 35.0 Å². The molecule has 0 spiro atoms. The number of nitrogens with two attached hydrogens (primary N) is 1. The third-order valence-electron chi connectivity index (χ3n) is 21.4. The molecule has 11 aliphatic rings. The maximum absolute atomic E-state index is 14.3. The molecule has 11 fully saturated rings. The Balaban J connectivity index is 0.000000161. The number of likely N-dealkylation sites (tertiary alicyclic amines) is 3. The summed E-state index contributed by atoms with van der Waals surface area (Å²) in [6.07, 6.45) is -2.63. The number of carboxylic acid groups (broad SMARTS) is 1. The van der Waals surface area contributed by atoms with Gasteiger partial charge >= 0.3 is 60.1 Å². The van der Waals surface area contributed by atoms with Crippen molar-refractivity contribution in [2.45, 2.75) is 217 Å². The third kappa shape index (κ3) is 21.3. The summed E-state index contributed by atoms with van der Waals surface area (Å²) in [6, 6.07) is 17.8. The molecule has 5 amide bonds. The van der Waals surface area contributed by atoms with Crippen LogP contribution < -0.4 is 45.9 Å². The second-order valence-corrected chi connectivity index (χ2v) is 35.7. The maximum Gasteiger partial charge on any atom is 1.00 e. The molecule has 598 valence electrons. The quantitative estimate of drug-likeness (QED) is 0.0310. The van der Waals surface area contributed by atoms with E-state index in [0.29, 0.717) is 60.8 Å². The number of sulfone groups is 1. The molecule has 3 aliphatic heterocycles. The van der Waals surface area contributed by atoms with Crippen molar-refractivity contribution in [2.75, 3.05) is 0 Å². The molecule has 0 bridgehead atoms. The topological polar surface area (TPSA) is 260 Å². The van der Waals surface area contributed by atoms with Gasteiger partial charge in [0.25, 0.3) is 11.8 Å². The van der Waals surface area contributed by atoms with E-state index in [1.165, 1.54) is 52.3 Å². The van der Waals surface area contributed by atoms with Gasteiger partial charge in [0, 0.05) is 38.9 Å². The minimum absolute atomic E-state index is 0. The fourth-order valence-electron chi connectivity index (χ4n) is 14.7. The molecule has 35 heteroatoms. The molecule has 8 aliphatic carbocycles. The molecule has 12 atom stereocenters. The molecule has 0 radical (unpaired) electrons. The molecule has 3 saturated heterocycles. The van der Waals surface area contributed by atoms with Crippen molar-refractivity contribution >= 4 is 91.2 Å². The van der Waals surface area contributed by atoms with Gasteiger partial charge in [-0.25, -0.2) is 31.2 Å². The van der Waals surface area contributed by atoms with E-state index in [1.54, 1.807) is 43.9 Å². The Morgan fingerprint density at radius 2 is 0.919 bits per heavy atom. The van der Waals surface area contributed by atoms with Crippen LogP contribution in [0.4, 0.5) is 57.5 Å². The Bertz CT molecular complexity index is 4550. The number of halogens is 14. The van der Waals surface area contributed by atoms with Gasteiger partial charge in [-0.3, -0.25) is 24.1 Å². The first-order valence-corrected chi connectivity index (χ1v) is 39.9. The van der Waals surface area contributed by atoms with Crippen LogP contribution in [0.2, 0.25) is 0 Å². The standard InChI is InChI=1S/C27H26F4N2O4S.C24H21F4IN2O2.C11H11F4N.C11H17NO4.C3H5O2S.ClH.Na/c28-21-11-15(6-9-20(21)27(29,30)31)24(14-4-5-14)32-25(34)23-13-17-12-22(17)33(23)26(35)16-2-1-3-19(10-16)38(36,37)18-7-8-18;25-18-9-13(6-7-17(18)24(26,27)28)21(12-4-5-12)30-22(32)20-11-15-10-19(15)31(20)23(33)14-2-1-3-16(29)8-14;12-9-5-7(10(16)6-1-2-6)3-4-8(9)11(13,14)15;1-11(2,3)16-10(15)12-7-4-6(7)5-8(12)9(13)14;4-6(5)3-1-2-3;;/h1-3,6,9-11,14,17-18,22-24H,4-5,7-8,12-13H2,(H,32,34);1-3,6-9,12,15,19-21H,4-5,10-11H2,(H,30,32);3-6,10H,1-2,16H2;6-8H,4-5H2,1-3H3,(H,13,14);3H,1-2H2;1H;/q;;;;-1;;+1/t17-,22-,23-,24-;15-,19-,20-,21-;10-;6-,7-,8-;;;/m1111.../s1. The Kier molecular flexibility index (Phi) is 26.6. The number of carbonyl (C=O) groups excluding carboxylic acids is 5. The number of ether oxygens (including phenoxy) is 1. The monoisotopic (exact) mass is 1750 g/mol. The van der Waals surface area contributed by atoms with Crippen LogP contribution in [0.1, 0.15) is 196 Å². The van der Waals surface area contributed by atoms with Gasteiger partial charge in [-0.15, -0.1) is 12.4 Å². The zero-order valence-electron chi connectivity index (χ0n) is 60.4. The van der Waals surface area contributed by atoms with Crippen LogP contribution in [-0.4, -0.2) is 116 Å². The number of nitrogens with zero attached hydrogens (tertiary/aromatic N) is 3. The number of benzene rings is 5. The summed E-state index contributed by atoms with van der Waals surface area (Å²) in [5.74, 6) is -5.19. The molecule has 18 nitrogen and oxygen atoms in total. The van der Waals surface area contributed by atoms with Crippen LogP contribution in [0.15, 0.2) is 108 Å². The number of alkyl halides is 9. The van der Waals surface area contributed by atoms with Gasteiger partial charge < -0.3 is 44.4 Å². The molecular formula is C76H81ClF12IN6NaO12S2. The van der Waals surface area contributed by atoms with Gasteiger partial charge in [-0.05, 0) is 258 Å². The predicted octanol–water partition coefficient (Wildman–Crippen LogP) is 12.6. The van der Waals surface area contributed by atoms with E-state index in [2.05, 4.69) is 33.2 Å². The largest absolute Gasteiger partial charge is 1.00 e. The summed E-state index contributed by atoms with van der Waals surface area (Å²) < 4.78 is 207. The summed E-state index contributed by atoms with van der Waals surface area (Å²) in [5.41, 5.74) is 3.01. The van der Waals surface area contributed by atoms with Crippen molar-refractivity contribution in [3.8, 4) is 0 Å². The van der Waals surface area contributed by atoms with E-state index >= 15 is 0 Å². The van der Waals surface area contributed by atoms with Crippen molar-refractivity contribution in [1.29, 1.82) is 0 Å². The first-order valence-electron chi connectivity index (χ1n) is 36.1. The zero-order chi connectivity index (χ0) is 79.0. The van der Waals surface area contributed by atoms with Crippen molar-refractivity contribution in [3.63, 3.8) is 0 Å². The molecule has 3 heterocycles. The van der Waals surface area contributed by atoms with E-state index in [0.717, 1.165) is 105 Å². The first kappa shape index (κ1) is 87.2. The summed E-state index contributed by atoms with van der Waals surface area (Å²) in [5, 5.41) is 14.4. The van der Waals surface area contributed by atoms with E-state index in [4.69, 9.17) is 15.6 Å². The minimum Gasteiger partial charge on any atom is -0.480 e. The fourth-order valence-corrected chi connectivity index (χ4v) is 17.5. The number of hydrogen-bond acceptors (Lipinski definition) is 13. The molecule has 5 aromatic carbocycles. The van der Waals surface area contributed by atoms with Gasteiger partial charge in [0.2, 0.25) is 11.8 Å². The summed E-state index contributed by atoms with van der Waals surface area (Å²) in [7, 11) is -5.25. The zero-order valence-corrected chi connectivity index (χ0v) is 67.0. The Morgan fingerprint density at radius 3 is 1.27 bits per heavy atom. The van der Waals surface area contributed by atoms with Gasteiger partial charge in [0.15, 0.2) is 9.84 Å². The van der Waals surface area contributed by atoms with Gasteiger partial charge in [0.05, 0.1) is 38.9 Å². The van der Waals surface area contributed by atoms with E-state index < -0.39 is 138 Å². The molecule has 5 N–H and O–H groups in total. The number of hydrogen-bond donors (Lipinski definition) is 4. The maximum atomic E-state index is 14.3. The number of nitrogens with one attached hydrogen (secondary N) is 2. The van der Waals surface area contributed by atoms with Crippen molar-refractivity contribution in [3.05, 3.63) is 169 Å². The average molecular weight is 1750 g/mol. The van der Waals surface area contributed by atoms with Crippen molar-refractivity contribution in [1.82, 2.24) is 25.3 Å². The number of fused-ring (bicyclic) bond motifs is 3. The van der Waals surface area contributed by atoms with Crippen LogP contribution in [-0.2, 0) is 66.6 Å². The molecule has 8 saturated carbocycles.